The van der Waals surface area contributed by atoms with E-state index in [1.807, 2.05) is 0 Å². The van der Waals surface area contributed by atoms with Crippen molar-refractivity contribution < 1.29 is 33.0 Å². The van der Waals surface area contributed by atoms with Crippen molar-refractivity contribution in [1.82, 2.24) is 0 Å². The average molecular weight is 316 g/mol. The van der Waals surface area contributed by atoms with Crippen LogP contribution in [0.25, 0.3) is 0 Å². The Kier molecular flexibility index (Phi) is 4.59. The number of aliphatic carboxylic acids is 1. The number of alkyl halides is 3. The maximum absolute atomic E-state index is 12.7. The molecule has 0 aromatic carbocycles. The van der Waals surface area contributed by atoms with Gasteiger partial charge in [-0.05, 0) is 18.6 Å². The minimum Gasteiger partial charge on any atom is -0.478 e. The van der Waals surface area contributed by atoms with E-state index >= 15 is 0 Å². The van der Waals surface area contributed by atoms with Crippen LogP contribution in [0, 0.1) is 17.3 Å². The van der Waals surface area contributed by atoms with Gasteiger partial charge < -0.3 is 10.2 Å². The molecular weight excluding hydrogens is 301 g/mol. The lowest BCUT2D eigenvalue weighted by Crippen LogP contribution is -2.48. The predicted octanol–water partition coefficient (Wildman–Crippen LogP) is 2.24. The minimum absolute atomic E-state index is 0.0591. The summed E-state index contributed by atoms with van der Waals surface area (Å²) in [5.41, 5.74) is -4.51. The molecule has 0 amide bonds. The third-order valence-electron chi connectivity index (χ3n) is 3.50. The number of carboxylic acids is 1. The number of carbonyl (C=O) groups excluding carboxylic acids is 1. The van der Waals surface area contributed by atoms with Crippen LogP contribution in [0.3, 0.4) is 0 Å². The van der Waals surface area contributed by atoms with Gasteiger partial charge in [-0.25, -0.2) is 4.79 Å². The highest BCUT2D eigenvalue weighted by atomic mass is 19.4. The third-order valence-corrected chi connectivity index (χ3v) is 3.50. The number of aliphatic hydroxyl groups is 1. The zero-order valence-corrected chi connectivity index (χ0v) is 12.2. The summed E-state index contributed by atoms with van der Waals surface area (Å²) in [6.45, 7) is 4.40. The molecule has 0 spiro atoms. The molecule has 0 heterocycles. The predicted molar refractivity (Wildman–Crippen MR) is 71.7 cm³/mol. The second-order valence-electron chi connectivity index (χ2n) is 5.71. The van der Waals surface area contributed by atoms with Crippen molar-refractivity contribution in [1.29, 1.82) is 0 Å². The topological polar surface area (TPSA) is 74.6 Å². The molecule has 120 valence electrons. The van der Waals surface area contributed by atoms with Crippen molar-refractivity contribution in [2.45, 2.75) is 39.0 Å². The van der Waals surface area contributed by atoms with E-state index in [0.29, 0.717) is 0 Å². The van der Waals surface area contributed by atoms with Crippen LogP contribution >= 0.6 is 0 Å². The Balaban J connectivity index is 3.41. The van der Waals surface area contributed by atoms with Gasteiger partial charge in [0.1, 0.15) is 5.57 Å². The molecule has 0 aromatic rings. The normalized spacial score (nSPS) is 25.1. The molecule has 0 fully saturated rings. The van der Waals surface area contributed by atoms with Gasteiger partial charge in [-0.3, -0.25) is 4.79 Å². The largest absolute Gasteiger partial charge is 0.478 e. The Morgan fingerprint density at radius 1 is 1.41 bits per heavy atom. The Morgan fingerprint density at radius 3 is 2.36 bits per heavy atom. The minimum atomic E-state index is -4.95. The summed E-state index contributed by atoms with van der Waals surface area (Å²) in [6.07, 6.45) is -3.96. The molecule has 0 saturated carbocycles. The van der Waals surface area contributed by atoms with Crippen molar-refractivity contribution in [2.24, 2.45) is 5.41 Å². The third kappa shape index (κ3) is 3.57. The van der Waals surface area contributed by atoms with E-state index in [-0.39, 0.29) is 23.9 Å². The summed E-state index contributed by atoms with van der Waals surface area (Å²) in [5, 5.41) is 19.1. The van der Waals surface area contributed by atoms with Crippen LogP contribution in [-0.2, 0) is 9.59 Å². The lowest BCUT2D eigenvalue weighted by atomic mass is 9.65. The van der Waals surface area contributed by atoms with Crippen molar-refractivity contribution in [2.75, 3.05) is 0 Å². The van der Waals surface area contributed by atoms with Gasteiger partial charge in [-0.15, -0.1) is 0 Å². The molecule has 2 N–H and O–H groups in total. The van der Waals surface area contributed by atoms with Crippen LogP contribution in [0.4, 0.5) is 13.2 Å². The maximum atomic E-state index is 12.7. The molecule has 0 radical (unpaired) electrons. The van der Waals surface area contributed by atoms with Gasteiger partial charge in [0.25, 0.3) is 0 Å². The number of carboxylic acid groups (broad SMARTS) is 1. The number of rotatable bonds is 1. The van der Waals surface area contributed by atoms with Crippen molar-refractivity contribution in [3.8, 4) is 11.8 Å². The summed E-state index contributed by atoms with van der Waals surface area (Å²) in [5.74, 6) is 1.76. The zero-order chi connectivity index (χ0) is 17.3. The highest BCUT2D eigenvalue weighted by Gasteiger charge is 2.48. The Bertz CT molecular complexity index is 629. The number of hydrogen-bond donors (Lipinski definition) is 2. The molecule has 0 aromatic heterocycles. The highest BCUT2D eigenvalue weighted by Crippen LogP contribution is 2.43. The second-order valence-corrected chi connectivity index (χ2v) is 5.71. The van der Waals surface area contributed by atoms with E-state index in [1.165, 1.54) is 20.8 Å². The molecule has 1 unspecified atom stereocenters. The van der Waals surface area contributed by atoms with Gasteiger partial charge in [0, 0.05) is 17.9 Å². The molecule has 1 aliphatic rings. The van der Waals surface area contributed by atoms with Gasteiger partial charge in [0.15, 0.2) is 11.4 Å². The van der Waals surface area contributed by atoms with Gasteiger partial charge in [0.05, 0.1) is 0 Å². The number of allylic oxidation sites excluding steroid dienone is 2. The summed E-state index contributed by atoms with van der Waals surface area (Å²) in [7, 11) is 0. The first-order valence-electron chi connectivity index (χ1n) is 6.28. The lowest BCUT2D eigenvalue weighted by molar-refractivity contribution is -0.132. The average Bonchev–Trinajstić information content (AvgIpc) is 2.29. The van der Waals surface area contributed by atoms with E-state index in [2.05, 4.69) is 5.92 Å². The van der Waals surface area contributed by atoms with Crippen molar-refractivity contribution in [3.63, 3.8) is 0 Å². The molecule has 1 atom stereocenters. The summed E-state index contributed by atoms with van der Waals surface area (Å²) < 4.78 is 38.2. The molecule has 0 aliphatic heterocycles. The molecular formula is C15H15F3O4. The Labute approximate surface area is 125 Å². The van der Waals surface area contributed by atoms with Crippen LogP contribution in [0.1, 0.15) is 27.2 Å². The maximum Gasteiger partial charge on any atom is 0.424 e. The van der Waals surface area contributed by atoms with Crippen LogP contribution in [0.15, 0.2) is 23.3 Å². The summed E-state index contributed by atoms with van der Waals surface area (Å²) in [4.78, 5) is 22.0. The van der Waals surface area contributed by atoms with E-state index in [1.54, 1.807) is 5.92 Å². The first-order chi connectivity index (χ1) is 9.79. The molecule has 7 heteroatoms. The fourth-order valence-corrected chi connectivity index (χ4v) is 2.23. The number of halogens is 3. The highest BCUT2D eigenvalue weighted by molar-refractivity contribution is 5.93. The van der Waals surface area contributed by atoms with Crippen molar-refractivity contribution >= 4 is 11.8 Å². The van der Waals surface area contributed by atoms with Gasteiger partial charge in [-0.2, -0.15) is 13.2 Å². The first kappa shape index (κ1) is 18.0. The van der Waals surface area contributed by atoms with Gasteiger partial charge >= 0.3 is 12.1 Å². The second kappa shape index (κ2) is 5.61. The van der Waals surface area contributed by atoms with E-state index in [0.717, 1.165) is 6.08 Å². The molecule has 0 saturated heterocycles. The van der Waals surface area contributed by atoms with Crippen LogP contribution in [-0.4, -0.2) is 33.7 Å². The van der Waals surface area contributed by atoms with E-state index in [4.69, 9.17) is 5.11 Å². The zero-order valence-electron chi connectivity index (χ0n) is 12.2. The van der Waals surface area contributed by atoms with Crippen molar-refractivity contribution in [3.05, 3.63) is 23.3 Å². The summed E-state index contributed by atoms with van der Waals surface area (Å²) >= 11 is 0. The Morgan fingerprint density at radius 2 is 1.95 bits per heavy atom. The standard InChI is InChI=1S/C15H15F3O4/c1-9-6-11(19)8-13(2,3)14(9,22)5-4-10(7-12(20)21)15(16,17)18/h6-7,22H,8H2,1-3H3,(H,20,21). The van der Waals surface area contributed by atoms with Gasteiger partial charge in [-0.1, -0.05) is 25.7 Å². The lowest BCUT2D eigenvalue weighted by Gasteiger charge is -2.42. The fraction of sp³-hybridized carbons (Fsp3) is 0.467. The smallest absolute Gasteiger partial charge is 0.424 e. The first-order valence-corrected chi connectivity index (χ1v) is 6.28. The van der Waals surface area contributed by atoms with Crippen LogP contribution in [0.2, 0.25) is 0 Å². The monoisotopic (exact) mass is 316 g/mol. The number of hydrogen-bond acceptors (Lipinski definition) is 3. The number of carbonyl (C=O) groups is 2. The Hall–Kier alpha value is -2.07. The van der Waals surface area contributed by atoms with E-state index < -0.39 is 28.7 Å². The molecule has 0 bridgehead atoms. The summed E-state index contributed by atoms with van der Waals surface area (Å²) in [6, 6.07) is 0. The van der Waals surface area contributed by atoms with E-state index in [9.17, 15) is 27.9 Å². The SMILES string of the molecule is CC1=CC(=O)CC(C)(C)C1(O)C#CC(=CC(=O)O)C(F)(F)F. The van der Waals surface area contributed by atoms with Crippen LogP contribution in [0.5, 0.6) is 0 Å². The molecule has 1 rings (SSSR count). The molecule has 4 nitrogen and oxygen atoms in total. The fourth-order valence-electron chi connectivity index (χ4n) is 2.23. The molecule has 1 aliphatic carbocycles. The molecule has 22 heavy (non-hydrogen) atoms. The quantitative estimate of drug-likeness (QED) is 0.575. The van der Waals surface area contributed by atoms with Gasteiger partial charge in [0.2, 0.25) is 0 Å². The van der Waals surface area contributed by atoms with Crippen LogP contribution < -0.4 is 0 Å². The number of ketones is 1.